The summed E-state index contributed by atoms with van der Waals surface area (Å²) < 4.78 is 40.6. The summed E-state index contributed by atoms with van der Waals surface area (Å²) in [6.45, 7) is 3.67. The number of nitrogens with zero attached hydrogens (tertiary/aromatic N) is 3. The molecule has 1 N–H and O–H groups in total. The second-order valence-electron chi connectivity index (χ2n) is 9.59. The molecule has 2 fully saturated rings. The second-order valence-corrected chi connectivity index (χ2v) is 9.59. The molecule has 2 aromatic carbocycles. The molecule has 2 amide bonds. The fraction of sp³-hybridized carbons (Fsp3) is 0.444. The van der Waals surface area contributed by atoms with Crippen LogP contribution in [0.5, 0.6) is 0 Å². The lowest BCUT2D eigenvalue weighted by molar-refractivity contribution is -0.137. The van der Waals surface area contributed by atoms with E-state index in [0.717, 1.165) is 18.1 Å². The molecule has 1 spiro atoms. The Bertz CT molecular complexity index is 1180. The summed E-state index contributed by atoms with van der Waals surface area (Å²) in [7, 11) is 1.56. The molecule has 0 bridgehead atoms. The Morgan fingerprint density at radius 1 is 1.14 bits per heavy atom. The molecule has 4 rings (SSSR count). The number of anilines is 1. The first-order chi connectivity index (χ1) is 17.1. The van der Waals surface area contributed by atoms with Crippen LogP contribution < -0.4 is 10.2 Å². The standard InChI is InChI=1S/C27H29F3N4O2/c1-3-18-4-6-19(7-5-18)25(36)33-12-10-26(11-13-33)17-34(16-23(26)24(35)32-2)21-9-8-20(15-31)22(14-21)27(28,29)30/h4-9,14,23H,3,10-13,16-17H2,1-2H3,(H,32,35). The van der Waals surface area contributed by atoms with Crippen molar-refractivity contribution in [3.8, 4) is 6.07 Å². The molecule has 0 aromatic heterocycles. The fourth-order valence-corrected chi connectivity index (χ4v) is 5.49. The minimum absolute atomic E-state index is 0.0549. The lowest BCUT2D eigenvalue weighted by Crippen LogP contribution is -2.49. The van der Waals surface area contributed by atoms with Gasteiger partial charge < -0.3 is 15.1 Å². The van der Waals surface area contributed by atoms with E-state index >= 15 is 0 Å². The van der Waals surface area contributed by atoms with Gasteiger partial charge in [-0.25, -0.2) is 0 Å². The summed E-state index contributed by atoms with van der Waals surface area (Å²) in [5.41, 5.74) is 0.240. The van der Waals surface area contributed by atoms with E-state index in [0.29, 0.717) is 43.7 Å². The number of carbonyl (C=O) groups is 2. The minimum atomic E-state index is -4.65. The third kappa shape index (κ3) is 4.77. The van der Waals surface area contributed by atoms with Gasteiger partial charge in [0, 0.05) is 49.9 Å². The van der Waals surface area contributed by atoms with Crippen LogP contribution in [0, 0.1) is 22.7 Å². The van der Waals surface area contributed by atoms with Gasteiger partial charge in [0.15, 0.2) is 0 Å². The highest BCUT2D eigenvalue weighted by Crippen LogP contribution is 2.47. The Morgan fingerprint density at radius 3 is 2.36 bits per heavy atom. The third-order valence-electron chi connectivity index (χ3n) is 7.66. The monoisotopic (exact) mass is 498 g/mol. The molecule has 36 heavy (non-hydrogen) atoms. The molecule has 2 aliphatic heterocycles. The highest BCUT2D eigenvalue weighted by Gasteiger charge is 2.51. The number of nitrogens with one attached hydrogen (secondary N) is 1. The topological polar surface area (TPSA) is 76.4 Å². The third-order valence-corrected chi connectivity index (χ3v) is 7.66. The lowest BCUT2D eigenvalue weighted by atomic mass is 9.70. The molecule has 0 aliphatic carbocycles. The maximum Gasteiger partial charge on any atom is 0.417 e. The number of aryl methyl sites for hydroxylation is 1. The molecule has 6 nitrogen and oxygen atoms in total. The second kappa shape index (κ2) is 9.84. The Balaban J connectivity index is 1.55. The molecule has 2 saturated heterocycles. The molecule has 2 aromatic rings. The molecule has 0 radical (unpaired) electrons. The predicted octanol–water partition coefficient (Wildman–Crippen LogP) is 4.24. The summed E-state index contributed by atoms with van der Waals surface area (Å²) in [4.78, 5) is 29.5. The van der Waals surface area contributed by atoms with Crippen LogP contribution in [0.1, 0.15) is 46.8 Å². The SMILES string of the molecule is CCc1ccc(C(=O)N2CCC3(CC2)CN(c2ccc(C#N)c(C(F)(F)F)c2)CC3C(=O)NC)cc1. The van der Waals surface area contributed by atoms with Gasteiger partial charge in [-0.15, -0.1) is 0 Å². The average Bonchev–Trinajstić information content (AvgIpc) is 3.26. The summed E-state index contributed by atoms with van der Waals surface area (Å²) in [6.07, 6.45) is -2.62. The lowest BCUT2D eigenvalue weighted by Gasteiger charge is -2.42. The van der Waals surface area contributed by atoms with Crippen molar-refractivity contribution in [2.45, 2.75) is 32.4 Å². The smallest absolute Gasteiger partial charge is 0.370 e. The Morgan fingerprint density at radius 2 is 1.81 bits per heavy atom. The first-order valence-corrected chi connectivity index (χ1v) is 12.1. The number of hydrogen-bond acceptors (Lipinski definition) is 4. The van der Waals surface area contributed by atoms with Crippen LogP contribution in [0.3, 0.4) is 0 Å². The number of alkyl halides is 3. The number of carbonyl (C=O) groups excluding carboxylic acids is 2. The number of likely N-dealkylation sites (tertiary alicyclic amines) is 1. The van der Waals surface area contributed by atoms with Crippen molar-refractivity contribution in [1.29, 1.82) is 5.26 Å². The zero-order valence-electron chi connectivity index (χ0n) is 20.4. The maximum atomic E-state index is 13.5. The van der Waals surface area contributed by atoms with Crippen LogP contribution in [0.25, 0.3) is 0 Å². The summed E-state index contributed by atoms with van der Waals surface area (Å²) in [5.74, 6) is -0.633. The van der Waals surface area contributed by atoms with Gasteiger partial charge in [-0.1, -0.05) is 19.1 Å². The van der Waals surface area contributed by atoms with Crippen LogP contribution in [-0.4, -0.2) is 49.9 Å². The normalized spacial score (nSPS) is 19.3. The zero-order chi connectivity index (χ0) is 26.1. The molecule has 1 atom stereocenters. The van der Waals surface area contributed by atoms with Crippen molar-refractivity contribution in [3.63, 3.8) is 0 Å². The molecule has 1 unspecified atom stereocenters. The number of amides is 2. The predicted molar refractivity (Wildman–Crippen MR) is 129 cm³/mol. The number of rotatable bonds is 4. The van der Waals surface area contributed by atoms with Gasteiger partial charge in [-0.05, 0) is 55.2 Å². The van der Waals surface area contributed by atoms with E-state index in [4.69, 9.17) is 5.26 Å². The molecule has 190 valence electrons. The van der Waals surface area contributed by atoms with Crippen LogP contribution in [-0.2, 0) is 17.4 Å². The first kappa shape index (κ1) is 25.5. The first-order valence-electron chi connectivity index (χ1n) is 12.1. The van der Waals surface area contributed by atoms with Gasteiger partial charge in [0.2, 0.25) is 5.91 Å². The van der Waals surface area contributed by atoms with Crippen molar-refractivity contribution < 1.29 is 22.8 Å². The highest BCUT2D eigenvalue weighted by atomic mass is 19.4. The number of nitriles is 1. The molecule has 2 aliphatic rings. The van der Waals surface area contributed by atoms with Crippen molar-refractivity contribution >= 4 is 17.5 Å². The largest absolute Gasteiger partial charge is 0.417 e. The number of benzene rings is 2. The number of halogens is 3. The van der Waals surface area contributed by atoms with E-state index in [9.17, 15) is 22.8 Å². The molecule has 9 heteroatoms. The van der Waals surface area contributed by atoms with E-state index in [1.807, 2.05) is 24.3 Å². The van der Waals surface area contributed by atoms with Gasteiger partial charge in [-0.3, -0.25) is 9.59 Å². The quantitative estimate of drug-likeness (QED) is 0.684. The molecule has 2 heterocycles. The van der Waals surface area contributed by atoms with E-state index < -0.39 is 28.6 Å². The van der Waals surface area contributed by atoms with Crippen LogP contribution in [0.15, 0.2) is 42.5 Å². The minimum Gasteiger partial charge on any atom is -0.370 e. The average molecular weight is 499 g/mol. The van der Waals surface area contributed by atoms with Crippen LogP contribution in [0.4, 0.5) is 18.9 Å². The van der Waals surface area contributed by atoms with Crippen LogP contribution >= 0.6 is 0 Å². The van der Waals surface area contributed by atoms with Crippen LogP contribution in [0.2, 0.25) is 0 Å². The molecule has 0 saturated carbocycles. The van der Waals surface area contributed by atoms with Crippen molar-refractivity contribution in [2.24, 2.45) is 11.3 Å². The van der Waals surface area contributed by atoms with E-state index in [1.54, 1.807) is 22.9 Å². The van der Waals surface area contributed by atoms with Gasteiger partial charge in [0.05, 0.1) is 23.1 Å². The Kier molecular flexibility index (Phi) is 6.98. The van der Waals surface area contributed by atoms with Crippen molar-refractivity contribution in [3.05, 3.63) is 64.7 Å². The van der Waals surface area contributed by atoms with E-state index in [2.05, 4.69) is 12.2 Å². The summed E-state index contributed by atoms with van der Waals surface area (Å²) >= 11 is 0. The van der Waals surface area contributed by atoms with Gasteiger partial charge in [0.25, 0.3) is 5.91 Å². The zero-order valence-corrected chi connectivity index (χ0v) is 20.4. The Hall–Kier alpha value is -3.54. The number of piperidine rings is 1. The summed E-state index contributed by atoms with van der Waals surface area (Å²) in [5, 5.41) is 11.8. The van der Waals surface area contributed by atoms with Gasteiger partial charge in [-0.2, -0.15) is 18.4 Å². The van der Waals surface area contributed by atoms with Gasteiger partial charge in [0.1, 0.15) is 0 Å². The Labute approximate surface area is 208 Å². The van der Waals surface area contributed by atoms with E-state index in [-0.39, 0.29) is 18.4 Å². The fourth-order valence-electron chi connectivity index (χ4n) is 5.49. The van der Waals surface area contributed by atoms with Crippen molar-refractivity contribution in [1.82, 2.24) is 10.2 Å². The van der Waals surface area contributed by atoms with E-state index in [1.165, 1.54) is 12.1 Å². The summed E-state index contributed by atoms with van der Waals surface area (Å²) in [6, 6.07) is 12.9. The van der Waals surface area contributed by atoms with Crippen molar-refractivity contribution in [2.75, 3.05) is 38.1 Å². The maximum absolute atomic E-state index is 13.5. The molecular weight excluding hydrogens is 469 g/mol. The molecular formula is C27H29F3N4O2. The van der Waals surface area contributed by atoms with Gasteiger partial charge >= 0.3 is 6.18 Å². The number of hydrogen-bond donors (Lipinski definition) is 1. The highest BCUT2D eigenvalue weighted by molar-refractivity contribution is 5.94.